The minimum Gasteiger partial charge on any atom is -0.508 e. The van der Waals surface area contributed by atoms with Crippen molar-refractivity contribution in [1.29, 1.82) is 0 Å². The number of hydrogen-bond acceptors (Lipinski definition) is 6. The normalized spacial score (nSPS) is 11.7. The Morgan fingerprint density at radius 2 is 1.84 bits per heavy atom. The summed E-state index contributed by atoms with van der Waals surface area (Å²) in [6.45, 7) is 3.24. The second-order valence-electron chi connectivity index (χ2n) is 5.61. The molecule has 1 N–H and O–H groups in total. The van der Waals surface area contributed by atoms with Gasteiger partial charge in [-0.2, -0.15) is 10.1 Å². The van der Waals surface area contributed by atoms with Gasteiger partial charge >= 0.3 is 0 Å². The molecule has 7 heteroatoms. The number of fused-ring (bicyclic) bond motifs is 3. The molecule has 2 aromatic carbocycles. The van der Waals surface area contributed by atoms with E-state index in [-0.39, 0.29) is 11.7 Å². The summed E-state index contributed by atoms with van der Waals surface area (Å²) in [6.07, 6.45) is 0. The van der Waals surface area contributed by atoms with E-state index in [4.69, 9.17) is 0 Å². The van der Waals surface area contributed by atoms with Crippen molar-refractivity contribution in [2.24, 2.45) is 10.2 Å². The summed E-state index contributed by atoms with van der Waals surface area (Å²) in [5, 5.41) is 26.9. The maximum atomic E-state index is 9.29. The Bertz CT molecular complexity index is 1070. The molecule has 0 saturated carbocycles. The van der Waals surface area contributed by atoms with Crippen molar-refractivity contribution in [3.63, 3.8) is 0 Å². The molecule has 0 fully saturated rings. The Balaban J connectivity index is 1.67. The van der Waals surface area contributed by atoms with E-state index >= 15 is 0 Å². The average molecular weight is 332 g/mol. The van der Waals surface area contributed by atoms with Gasteiger partial charge in [-0.15, -0.1) is 15.3 Å². The minimum atomic E-state index is 0.228. The van der Waals surface area contributed by atoms with Crippen molar-refractivity contribution in [2.45, 2.75) is 20.0 Å². The molecule has 25 heavy (non-hydrogen) atoms. The lowest BCUT2D eigenvalue weighted by Gasteiger charge is -2.01. The summed E-state index contributed by atoms with van der Waals surface area (Å²) < 4.78 is 2.10. The van der Waals surface area contributed by atoms with E-state index in [1.54, 1.807) is 24.3 Å². The molecule has 2 heterocycles. The van der Waals surface area contributed by atoms with Crippen LogP contribution in [0.25, 0.3) is 22.1 Å². The minimum absolute atomic E-state index is 0.228. The van der Waals surface area contributed by atoms with Crippen molar-refractivity contribution < 1.29 is 5.11 Å². The summed E-state index contributed by atoms with van der Waals surface area (Å²) >= 11 is 0. The van der Waals surface area contributed by atoms with Gasteiger partial charge in [-0.25, -0.2) is 0 Å². The topological polar surface area (TPSA) is 88.5 Å². The van der Waals surface area contributed by atoms with Gasteiger partial charge in [-0.3, -0.25) is 0 Å². The van der Waals surface area contributed by atoms with E-state index < -0.39 is 0 Å². The number of rotatable bonds is 4. The van der Waals surface area contributed by atoms with Crippen LogP contribution < -0.4 is 0 Å². The van der Waals surface area contributed by atoms with E-state index in [9.17, 15) is 5.11 Å². The lowest BCUT2D eigenvalue weighted by atomic mass is 10.2. The number of azo groups is 1. The van der Waals surface area contributed by atoms with Crippen LogP contribution in [-0.2, 0) is 13.1 Å². The monoisotopic (exact) mass is 332 g/mol. The highest BCUT2D eigenvalue weighted by Crippen LogP contribution is 2.26. The van der Waals surface area contributed by atoms with Crippen molar-refractivity contribution in [3.05, 3.63) is 54.1 Å². The smallest absolute Gasteiger partial charge is 0.289 e. The highest BCUT2D eigenvalue weighted by molar-refractivity contribution is 6.04. The molecular weight excluding hydrogens is 316 g/mol. The molecule has 4 rings (SSSR count). The maximum Gasteiger partial charge on any atom is 0.289 e. The first-order valence-corrected chi connectivity index (χ1v) is 8.03. The Morgan fingerprint density at radius 1 is 1.04 bits per heavy atom. The Kier molecular flexibility index (Phi) is 3.81. The summed E-state index contributed by atoms with van der Waals surface area (Å²) in [4.78, 5) is 4.52. The number of phenols is 1. The molecule has 0 aliphatic heterocycles. The number of aryl methyl sites for hydroxylation is 1. The van der Waals surface area contributed by atoms with Gasteiger partial charge in [0.15, 0.2) is 5.65 Å². The van der Waals surface area contributed by atoms with Gasteiger partial charge in [0.2, 0.25) is 0 Å². The fraction of sp³-hybridized carbons (Fsp3) is 0.167. The van der Waals surface area contributed by atoms with Crippen LogP contribution in [-0.4, -0.2) is 24.9 Å². The third kappa shape index (κ3) is 2.80. The average Bonchev–Trinajstić information content (AvgIpc) is 2.96. The van der Waals surface area contributed by atoms with Crippen LogP contribution in [0.5, 0.6) is 5.75 Å². The molecule has 0 aliphatic carbocycles. The second-order valence-corrected chi connectivity index (χ2v) is 5.61. The molecule has 0 spiro atoms. The molecule has 0 aliphatic rings. The van der Waals surface area contributed by atoms with Gasteiger partial charge in [0.1, 0.15) is 11.3 Å². The quantitative estimate of drug-likeness (QED) is 0.572. The number of para-hydroxylation sites is 1. The van der Waals surface area contributed by atoms with Crippen LogP contribution in [0.15, 0.2) is 58.8 Å². The van der Waals surface area contributed by atoms with E-state index in [0.717, 1.165) is 34.2 Å². The lowest BCUT2D eigenvalue weighted by molar-refractivity contribution is 0.475. The standard InChI is InChI=1S/C18H16N6O/c1-2-24-15-6-4-3-5-14(15)16-17(24)20-18(23-21-16)22-19-11-12-7-9-13(25)10-8-12/h3-10,25H,2,11H2,1H3. The number of nitrogens with zero attached hydrogens (tertiary/aromatic N) is 6. The van der Waals surface area contributed by atoms with E-state index in [0.29, 0.717) is 6.54 Å². The van der Waals surface area contributed by atoms with Crippen molar-refractivity contribution in [1.82, 2.24) is 19.7 Å². The molecule has 0 bridgehead atoms. The maximum absolute atomic E-state index is 9.29. The highest BCUT2D eigenvalue weighted by atomic mass is 16.3. The molecule has 4 aromatic rings. The molecule has 0 radical (unpaired) electrons. The summed E-state index contributed by atoms with van der Waals surface area (Å²) in [6, 6.07) is 14.9. The first kappa shape index (κ1) is 15.2. The van der Waals surface area contributed by atoms with Crippen LogP contribution in [0.3, 0.4) is 0 Å². The summed E-state index contributed by atoms with van der Waals surface area (Å²) in [5.41, 5.74) is 3.56. The summed E-state index contributed by atoms with van der Waals surface area (Å²) in [5.74, 6) is 0.467. The van der Waals surface area contributed by atoms with E-state index in [1.807, 2.05) is 24.3 Å². The predicted molar refractivity (Wildman–Crippen MR) is 94.8 cm³/mol. The van der Waals surface area contributed by atoms with Gasteiger partial charge in [-0.05, 0) is 30.7 Å². The number of hydrogen-bond donors (Lipinski definition) is 1. The van der Waals surface area contributed by atoms with Crippen LogP contribution in [0, 0.1) is 0 Å². The first-order valence-electron chi connectivity index (χ1n) is 8.03. The van der Waals surface area contributed by atoms with Crippen molar-refractivity contribution >= 4 is 28.0 Å². The lowest BCUT2D eigenvalue weighted by Crippen LogP contribution is -1.96. The van der Waals surface area contributed by atoms with Crippen molar-refractivity contribution in [3.8, 4) is 5.75 Å². The summed E-state index contributed by atoms with van der Waals surface area (Å²) in [7, 11) is 0. The molecule has 0 saturated heterocycles. The molecule has 0 atom stereocenters. The molecule has 2 aromatic heterocycles. The Hall–Kier alpha value is -3.35. The number of aromatic nitrogens is 4. The van der Waals surface area contributed by atoms with Gasteiger partial charge < -0.3 is 9.67 Å². The van der Waals surface area contributed by atoms with Gasteiger partial charge in [0, 0.05) is 11.9 Å². The largest absolute Gasteiger partial charge is 0.508 e. The zero-order chi connectivity index (χ0) is 17.2. The van der Waals surface area contributed by atoms with E-state index in [2.05, 4.69) is 36.9 Å². The van der Waals surface area contributed by atoms with Crippen LogP contribution >= 0.6 is 0 Å². The highest BCUT2D eigenvalue weighted by Gasteiger charge is 2.13. The first-order chi connectivity index (χ1) is 12.3. The predicted octanol–water partition coefficient (Wildman–Crippen LogP) is 3.99. The third-order valence-corrected chi connectivity index (χ3v) is 4.03. The zero-order valence-electron chi connectivity index (χ0n) is 13.7. The van der Waals surface area contributed by atoms with Crippen LogP contribution in [0.2, 0.25) is 0 Å². The van der Waals surface area contributed by atoms with Gasteiger partial charge in [0.25, 0.3) is 5.95 Å². The van der Waals surface area contributed by atoms with E-state index in [1.165, 1.54) is 0 Å². The molecule has 7 nitrogen and oxygen atoms in total. The SMILES string of the molecule is CCn1c2ccccc2c2nnc(N=NCc3ccc(O)cc3)nc21. The second kappa shape index (κ2) is 6.27. The molecule has 0 unspecified atom stereocenters. The number of benzene rings is 2. The van der Waals surface area contributed by atoms with Crippen LogP contribution in [0.1, 0.15) is 12.5 Å². The number of aromatic hydroxyl groups is 1. The zero-order valence-corrected chi connectivity index (χ0v) is 13.7. The fourth-order valence-corrected chi connectivity index (χ4v) is 2.84. The van der Waals surface area contributed by atoms with Gasteiger partial charge in [0.05, 0.1) is 12.1 Å². The Morgan fingerprint density at radius 3 is 2.64 bits per heavy atom. The molecular formula is C18H16N6O. The molecule has 0 amide bonds. The fourth-order valence-electron chi connectivity index (χ4n) is 2.84. The third-order valence-electron chi connectivity index (χ3n) is 4.03. The van der Waals surface area contributed by atoms with Gasteiger partial charge in [-0.1, -0.05) is 30.3 Å². The number of phenolic OH excluding ortho intramolecular Hbond substituents is 1. The molecule has 124 valence electrons. The Labute approximate surface area is 143 Å². The van der Waals surface area contributed by atoms with Crippen LogP contribution in [0.4, 0.5) is 5.95 Å². The van der Waals surface area contributed by atoms with Crippen molar-refractivity contribution in [2.75, 3.05) is 0 Å².